The van der Waals surface area contributed by atoms with Crippen LogP contribution in [0, 0.1) is 0 Å². The van der Waals surface area contributed by atoms with Crippen molar-refractivity contribution >= 4 is 28.8 Å². The van der Waals surface area contributed by atoms with Gasteiger partial charge in [0.25, 0.3) is 11.8 Å². The molecule has 4 rings (SSSR count). The standard InChI is InChI=1S/C22H15F3N4O2/c23-22(24,25)15-6-3-5-14(11-15)20(30)27-16-7-4-8-17(12-16)28-21(31)18-13-26-19-9-1-2-10-29(18)19/h1-13H,(H,27,30)(H,28,31). The highest BCUT2D eigenvalue weighted by Gasteiger charge is 2.30. The third-order valence-corrected chi connectivity index (χ3v) is 4.48. The minimum absolute atomic E-state index is 0.130. The second-order valence-corrected chi connectivity index (χ2v) is 6.64. The summed E-state index contributed by atoms with van der Waals surface area (Å²) in [6, 6.07) is 15.8. The van der Waals surface area contributed by atoms with Crippen molar-refractivity contribution in [2.45, 2.75) is 6.18 Å². The molecule has 0 saturated heterocycles. The van der Waals surface area contributed by atoms with Gasteiger partial charge in [0.1, 0.15) is 11.3 Å². The zero-order chi connectivity index (χ0) is 22.0. The van der Waals surface area contributed by atoms with Crippen LogP contribution in [0.2, 0.25) is 0 Å². The van der Waals surface area contributed by atoms with Crippen LogP contribution in [0.1, 0.15) is 26.4 Å². The third kappa shape index (κ3) is 4.40. The van der Waals surface area contributed by atoms with Gasteiger partial charge in [-0.2, -0.15) is 13.2 Å². The van der Waals surface area contributed by atoms with Crippen molar-refractivity contribution in [2.24, 2.45) is 0 Å². The number of rotatable bonds is 4. The average molecular weight is 424 g/mol. The zero-order valence-electron chi connectivity index (χ0n) is 15.9. The van der Waals surface area contributed by atoms with E-state index < -0.39 is 23.6 Å². The molecule has 2 aromatic heterocycles. The summed E-state index contributed by atoms with van der Waals surface area (Å²) < 4.78 is 40.2. The van der Waals surface area contributed by atoms with Crippen molar-refractivity contribution in [2.75, 3.05) is 10.6 Å². The second kappa shape index (κ2) is 7.94. The summed E-state index contributed by atoms with van der Waals surface area (Å²) in [5, 5.41) is 5.26. The fourth-order valence-corrected chi connectivity index (χ4v) is 3.01. The van der Waals surface area contributed by atoms with Crippen LogP contribution in [0.4, 0.5) is 24.5 Å². The molecule has 2 heterocycles. The Labute approximate surface area is 174 Å². The molecule has 0 aliphatic rings. The van der Waals surface area contributed by atoms with Crippen molar-refractivity contribution < 1.29 is 22.8 Å². The lowest BCUT2D eigenvalue weighted by atomic mass is 10.1. The molecule has 0 aliphatic carbocycles. The van der Waals surface area contributed by atoms with E-state index in [9.17, 15) is 22.8 Å². The highest BCUT2D eigenvalue weighted by Crippen LogP contribution is 2.29. The molecular weight excluding hydrogens is 409 g/mol. The molecule has 2 amide bonds. The lowest BCUT2D eigenvalue weighted by Crippen LogP contribution is -2.16. The van der Waals surface area contributed by atoms with E-state index >= 15 is 0 Å². The molecule has 2 N–H and O–H groups in total. The van der Waals surface area contributed by atoms with Crippen LogP contribution < -0.4 is 10.6 Å². The minimum Gasteiger partial charge on any atom is -0.322 e. The smallest absolute Gasteiger partial charge is 0.322 e. The van der Waals surface area contributed by atoms with Gasteiger partial charge in [-0.3, -0.25) is 14.0 Å². The SMILES string of the molecule is O=C(Nc1cccc(NC(=O)c2cnc3ccccn23)c1)c1cccc(C(F)(F)F)c1. The third-order valence-electron chi connectivity index (χ3n) is 4.48. The van der Waals surface area contributed by atoms with Gasteiger partial charge in [-0.25, -0.2) is 4.98 Å². The van der Waals surface area contributed by atoms with Crippen LogP contribution in [0.3, 0.4) is 0 Å². The van der Waals surface area contributed by atoms with Crippen LogP contribution >= 0.6 is 0 Å². The van der Waals surface area contributed by atoms with Gasteiger partial charge in [0.05, 0.1) is 11.8 Å². The summed E-state index contributed by atoms with van der Waals surface area (Å²) >= 11 is 0. The van der Waals surface area contributed by atoms with Gasteiger partial charge >= 0.3 is 6.18 Å². The summed E-state index contributed by atoms with van der Waals surface area (Å²) in [5.74, 6) is -1.10. The van der Waals surface area contributed by atoms with Crippen LogP contribution in [0.25, 0.3) is 5.65 Å². The Balaban J connectivity index is 1.50. The normalized spacial score (nSPS) is 11.3. The summed E-state index contributed by atoms with van der Waals surface area (Å²) in [5.41, 5.74) is 0.629. The number of fused-ring (bicyclic) bond motifs is 1. The quantitative estimate of drug-likeness (QED) is 0.491. The lowest BCUT2D eigenvalue weighted by Gasteiger charge is -2.11. The topological polar surface area (TPSA) is 75.5 Å². The number of amides is 2. The number of halogens is 3. The summed E-state index contributed by atoms with van der Waals surface area (Å²) in [4.78, 5) is 29.2. The fraction of sp³-hybridized carbons (Fsp3) is 0.0455. The van der Waals surface area contributed by atoms with Crippen molar-refractivity contribution in [1.82, 2.24) is 9.38 Å². The molecule has 0 saturated carbocycles. The van der Waals surface area contributed by atoms with Crippen LogP contribution in [-0.4, -0.2) is 21.2 Å². The summed E-state index contributed by atoms with van der Waals surface area (Å²) in [6.45, 7) is 0. The van der Waals surface area contributed by atoms with Crippen LogP contribution in [0.15, 0.2) is 79.1 Å². The van der Waals surface area contributed by atoms with Crippen molar-refractivity contribution in [3.63, 3.8) is 0 Å². The van der Waals surface area contributed by atoms with Crippen molar-refractivity contribution in [3.05, 3.63) is 95.9 Å². The number of pyridine rings is 1. The number of nitrogens with one attached hydrogen (secondary N) is 2. The van der Waals surface area contributed by atoms with E-state index in [1.807, 2.05) is 0 Å². The second-order valence-electron chi connectivity index (χ2n) is 6.64. The number of carbonyl (C=O) groups excluding carboxylic acids is 2. The summed E-state index contributed by atoms with van der Waals surface area (Å²) in [7, 11) is 0. The number of carbonyl (C=O) groups is 2. The Morgan fingerprint density at radius 1 is 0.839 bits per heavy atom. The average Bonchev–Trinajstić information content (AvgIpc) is 3.18. The maximum absolute atomic E-state index is 12.9. The number of imidazole rings is 1. The Kier molecular flexibility index (Phi) is 5.16. The van der Waals surface area contributed by atoms with E-state index in [0.29, 0.717) is 22.7 Å². The number of nitrogens with zero attached hydrogens (tertiary/aromatic N) is 2. The maximum atomic E-state index is 12.9. The van der Waals surface area contributed by atoms with Crippen molar-refractivity contribution in [1.29, 1.82) is 0 Å². The van der Waals surface area contributed by atoms with Crippen molar-refractivity contribution in [3.8, 4) is 0 Å². The molecule has 0 aliphatic heterocycles. The van der Waals surface area contributed by atoms with E-state index in [1.54, 1.807) is 47.0 Å². The largest absolute Gasteiger partial charge is 0.416 e. The molecular formula is C22H15F3N4O2. The van der Waals surface area contributed by atoms with E-state index in [2.05, 4.69) is 15.6 Å². The first-order chi connectivity index (χ1) is 14.8. The van der Waals surface area contributed by atoms with Crippen LogP contribution in [-0.2, 0) is 6.18 Å². The number of aromatic nitrogens is 2. The number of hydrogen-bond donors (Lipinski definition) is 2. The molecule has 0 bridgehead atoms. The van der Waals surface area contributed by atoms with E-state index in [1.165, 1.54) is 24.4 Å². The molecule has 6 nitrogen and oxygen atoms in total. The van der Waals surface area contributed by atoms with Gasteiger partial charge in [0.15, 0.2) is 0 Å². The van der Waals surface area contributed by atoms with Crippen LogP contribution in [0.5, 0.6) is 0 Å². The molecule has 0 fully saturated rings. The molecule has 0 unspecified atom stereocenters. The Bertz CT molecular complexity index is 1280. The van der Waals surface area contributed by atoms with E-state index in [-0.39, 0.29) is 5.56 Å². The lowest BCUT2D eigenvalue weighted by molar-refractivity contribution is -0.137. The zero-order valence-corrected chi connectivity index (χ0v) is 15.9. The molecule has 9 heteroatoms. The first-order valence-electron chi connectivity index (χ1n) is 9.13. The van der Waals surface area contributed by atoms with Gasteiger partial charge in [-0.05, 0) is 48.5 Å². The predicted molar refractivity (Wildman–Crippen MR) is 109 cm³/mol. The highest BCUT2D eigenvalue weighted by atomic mass is 19.4. The minimum atomic E-state index is -4.54. The Hall–Kier alpha value is -4.14. The first-order valence-corrected chi connectivity index (χ1v) is 9.13. The molecule has 0 spiro atoms. The van der Waals surface area contributed by atoms with E-state index in [0.717, 1.165) is 12.1 Å². The fourth-order valence-electron chi connectivity index (χ4n) is 3.01. The first kappa shape index (κ1) is 20.1. The molecule has 2 aromatic carbocycles. The maximum Gasteiger partial charge on any atom is 0.416 e. The van der Waals surface area contributed by atoms with Gasteiger partial charge in [-0.15, -0.1) is 0 Å². The van der Waals surface area contributed by atoms with Gasteiger partial charge < -0.3 is 10.6 Å². The number of benzene rings is 2. The monoisotopic (exact) mass is 424 g/mol. The van der Waals surface area contributed by atoms with Gasteiger partial charge in [0, 0.05) is 23.1 Å². The number of alkyl halides is 3. The summed E-state index contributed by atoms with van der Waals surface area (Å²) in [6.07, 6.45) is -1.38. The molecule has 31 heavy (non-hydrogen) atoms. The van der Waals surface area contributed by atoms with Gasteiger partial charge in [0.2, 0.25) is 0 Å². The Morgan fingerprint density at radius 2 is 1.55 bits per heavy atom. The highest BCUT2D eigenvalue weighted by molar-refractivity contribution is 6.06. The Morgan fingerprint density at radius 3 is 2.29 bits per heavy atom. The molecule has 156 valence electrons. The molecule has 0 radical (unpaired) electrons. The number of anilines is 2. The van der Waals surface area contributed by atoms with Gasteiger partial charge in [-0.1, -0.05) is 18.2 Å². The molecule has 0 atom stereocenters. The predicted octanol–water partition coefficient (Wildman–Crippen LogP) is 4.86. The molecule has 4 aromatic rings. The van der Waals surface area contributed by atoms with E-state index in [4.69, 9.17) is 0 Å². The number of hydrogen-bond acceptors (Lipinski definition) is 3.